The van der Waals surface area contributed by atoms with Crippen LogP contribution < -0.4 is 4.74 Å². The molecule has 4 heteroatoms. The van der Waals surface area contributed by atoms with Crippen LogP contribution >= 0.6 is 11.8 Å². The third-order valence-electron chi connectivity index (χ3n) is 3.38. The Labute approximate surface area is 122 Å². The number of rotatable bonds is 4. The van der Waals surface area contributed by atoms with Crippen LogP contribution in [-0.4, -0.2) is 23.6 Å². The highest BCUT2D eigenvalue weighted by molar-refractivity contribution is 7.99. The Balaban J connectivity index is 1.74. The molecule has 1 aromatic carbocycles. The average Bonchev–Trinajstić information content (AvgIpc) is 2.89. The fourth-order valence-electron chi connectivity index (χ4n) is 2.33. The predicted molar refractivity (Wildman–Crippen MR) is 79.8 cm³/mol. The minimum absolute atomic E-state index is 0.372. The molecule has 1 unspecified atom stereocenters. The summed E-state index contributed by atoms with van der Waals surface area (Å²) in [4.78, 5) is 16.5. The number of pyridine rings is 1. The summed E-state index contributed by atoms with van der Waals surface area (Å²) in [6.45, 7) is 2.44. The number of nitrogens with zero attached hydrogens (tertiary/aromatic N) is 1. The highest BCUT2D eigenvalue weighted by Gasteiger charge is 2.23. The van der Waals surface area contributed by atoms with Gasteiger partial charge in [-0.3, -0.25) is 4.79 Å². The number of hydrogen-bond acceptors (Lipinski definition) is 4. The van der Waals surface area contributed by atoms with Crippen LogP contribution in [0.15, 0.2) is 41.3 Å². The summed E-state index contributed by atoms with van der Waals surface area (Å²) >= 11 is 1.86. The molecule has 0 amide bonds. The fraction of sp³-hybridized carbons (Fsp3) is 0.250. The van der Waals surface area contributed by atoms with Gasteiger partial charge in [-0.05, 0) is 30.7 Å². The third kappa shape index (κ3) is 2.56. The predicted octanol–water partition coefficient (Wildman–Crippen LogP) is 3.47. The van der Waals surface area contributed by atoms with Gasteiger partial charge in [-0.25, -0.2) is 4.98 Å². The summed E-state index contributed by atoms with van der Waals surface area (Å²) in [5.41, 5.74) is 2.54. The van der Waals surface area contributed by atoms with Gasteiger partial charge in [0.1, 0.15) is 11.4 Å². The molecule has 0 saturated carbocycles. The molecule has 1 atom stereocenters. The zero-order chi connectivity index (χ0) is 13.9. The smallest absolute Gasteiger partial charge is 0.172 e. The van der Waals surface area contributed by atoms with Crippen molar-refractivity contribution >= 4 is 18.0 Å². The van der Waals surface area contributed by atoms with Gasteiger partial charge in [0.25, 0.3) is 0 Å². The molecule has 1 aliphatic rings. The molecule has 0 radical (unpaired) electrons. The van der Waals surface area contributed by atoms with E-state index in [-0.39, 0.29) is 0 Å². The molecule has 2 aromatic rings. The Hall–Kier alpha value is -1.81. The van der Waals surface area contributed by atoms with Gasteiger partial charge in [0.05, 0.1) is 6.61 Å². The number of aldehydes is 1. The van der Waals surface area contributed by atoms with Gasteiger partial charge in [-0.15, -0.1) is 11.8 Å². The monoisotopic (exact) mass is 285 g/mol. The maximum atomic E-state index is 11.0. The molecule has 0 N–H and O–H groups in total. The van der Waals surface area contributed by atoms with Crippen LogP contribution in [0.4, 0.5) is 0 Å². The van der Waals surface area contributed by atoms with Gasteiger partial charge in [0, 0.05) is 22.3 Å². The summed E-state index contributed by atoms with van der Waals surface area (Å²) < 4.78 is 5.82. The Morgan fingerprint density at radius 3 is 3.05 bits per heavy atom. The molecule has 1 aliphatic heterocycles. The molecule has 102 valence electrons. The molecular weight excluding hydrogens is 270 g/mol. The molecule has 0 fully saturated rings. The molecule has 0 bridgehead atoms. The van der Waals surface area contributed by atoms with Crippen molar-refractivity contribution in [3.05, 3.63) is 53.3 Å². The van der Waals surface area contributed by atoms with Crippen molar-refractivity contribution in [2.75, 3.05) is 12.4 Å². The zero-order valence-electron chi connectivity index (χ0n) is 11.2. The standard InChI is InChI=1S/C16H15NO2S/c1-11-6-7-15(14(8-18)17-11)19-9-12-10-20-16-5-3-2-4-13(12)16/h2-8,12H,9-10H2,1H3. The fourth-order valence-corrected chi connectivity index (χ4v) is 3.56. The number of carbonyl (C=O) groups is 1. The summed E-state index contributed by atoms with van der Waals surface area (Å²) in [6, 6.07) is 12.1. The first-order chi connectivity index (χ1) is 9.78. The van der Waals surface area contributed by atoms with E-state index < -0.39 is 0 Å². The number of carbonyl (C=O) groups excluding carboxylic acids is 1. The average molecular weight is 285 g/mol. The van der Waals surface area contributed by atoms with Gasteiger partial charge >= 0.3 is 0 Å². The van der Waals surface area contributed by atoms with Crippen molar-refractivity contribution in [2.45, 2.75) is 17.7 Å². The maximum Gasteiger partial charge on any atom is 0.172 e. The van der Waals surface area contributed by atoms with Crippen molar-refractivity contribution in [2.24, 2.45) is 0 Å². The van der Waals surface area contributed by atoms with Crippen molar-refractivity contribution < 1.29 is 9.53 Å². The number of fused-ring (bicyclic) bond motifs is 1. The van der Waals surface area contributed by atoms with Crippen LogP contribution in [0.1, 0.15) is 27.7 Å². The maximum absolute atomic E-state index is 11.0. The second-order valence-electron chi connectivity index (χ2n) is 4.81. The van der Waals surface area contributed by atoms with E-state index >= 15 is 0 Å². The van der Waals surface area contributed by atoms with Gasteiger partial charge in [0.15, 0.2) is 6.29 Å². The van der Waals surface area contributed by atoms with Crippen LogP contribution in [0.3, 0.4) is 0 Å². The number of aryl methyl sites for hydroxylation is 1. The summed E-state index contributed by atoms with van der Waals surface area (Å²) in [5, 5.41) is 0. The van der Waals surface area contributed by atoms with Crippen molar-refractivity contribution in [1.82, 2.24) is 4.98 Å². The third-order valence-corrected chi connectivity index (χ3v) is 4.63. The second-order valence-corrected chi connectivity index (χ2v) is 5.87. The van der Waals surface area contributed by atoms with Crippen LogP contribution in [-0.2, 0) is 0 Å². The Morgan fingerprint density at radius 1 is 1.35 bits per heavy atom. The van der Waals surface area contributed by atoms with E-state index in [1.807, 2.05) is 30.8 Å². The normalized spacial score (nSPS) is 16.8. The molecule has 3 rings (SSSR count). The number of benzene rings is 1. The van der Waals surface area contributed by atoms with Crippen LogP contribution in [0, 0.1) is 6.92 Å². The molecular formula is C16H15NO2S. The SMILES string of the molecule is Cc1ccc(OCC2CSc3ccccc32)c(C=O)n1. The molecule has 0 saturated heterocycles. The summed E-state index contributed by atoms with van der Waals surface area (Å²) in [5.74, 6) is 1.96. The molecule has 0 spiro atoms. The first-order valence-electron chi connectivity index (χ1n) is 6.55. The Morgan fingerprint density at radius 2 is 2.20 bits per heavy atom. The molecule has 3 nitrogen and oxygen atoms in total. The van der Waals surface area contributed by atoms with Gasteiger partial charge in [-0.2, -0.15) is 0 Å². The van der Waals surface area contributed by atoms with Crippen LogP contribution in [0.5, 0.6) is 5.75 Å². The highest BCUT2D eigenvalue weighted by atomic mass is 32.2. The Kier molecular flexibility index (Phi) is 3.74. The molecule has 0 aliphatic carbocycles. The zero-order valence-corrected chi connectivity index (χ0v) is 12.0. The lowest BCUT2D eigenvalue weighted by atomic mass is 10.0. The molecule has 20 heavy (non-hydrogen) atoms. The number of aromatic nitrogens is 1. The lowest BCUT2D eigenvalue weighted by molar-refractivity contribution is 0.111. The Bertz CT molecular complexity index is 642. The summed E-state index contributed by atoms with van der Waals surface area (Å²) in [6.07, 6.45) is 0.750. The van der Waals surface area contributed by atoms with Crippen molar-refractivity contribution in [3.8, 4) is 5.75 Å². The van der Waals surface area contributed by atoms with E-state index in [4.69, 9.17) is 4.74 Å². The lowest BCUT2D eigenvalue weighted by Crippen LogP contribution is -2.11. The molecule has 1 aromatic heterocycles. The van der Waals surface area contributed by atoms with Gasteiger partial charge in [0.2, 0.25) is 0 Å². The van der Waals surface area contributed by atoms with Gasteiger partial charge < -0.3 is 4.74 Å². The number of thioether (sulfide) groups is 1. The number of hydrogen-bond donors (Lipinski definition) is 0. The highest BCUT2D eigenvalue weighted by Crippen LogP contribution is 2.39. The van der Waals surface area contributed by atoms with E-state index in [2.05, 4.69) is 29.2 Å². The topological polar surface area (TPSA) is 39.2 Å². The largest absolute Gasteiger partial charge is 0.491 e. The van der Waals surface area contributed by atoms with Crippen molar-refractivity contribution in [1.29, 1.82) is 0 Å². The van der Waals surface area contributed by atoms with E-state index in [1.54, 1.807) is 0 Å². The lowest BCUT2D eigenvalue weighted by Gasteiger charge is -2.13. The summed E-state index contributed by atoms with van der Waals surface area (Å²) in [7, 11) is 0. The minimum atomic E-state index is 0.372. The van der Waals surface area contributed by atoms with Crippen LogP contribution in [0.25, 0.3) is 0 Å². The van der Waals surface area contributed by atoms with Crippen LogP contribution in [0.2, 0.25) is 0 Å². The van der Waals surface area contributed by atoms with Crippen molar-refractivity contribution in [3.63, 3.8) is 0 Å². The van der Waals surface area contributed by atoms with E-state index in [0.29, 0.717) is 24.0 Å². The quantitative estimate of drug-likeness (QED) is 0.806. The minimum Gasteiger partial charge on any atom is -0.491 e. The first-order valence-corrected chi connectivity index (χ1v) is 7.54. The first kappa shape index (κ1) is 13.2. The molecule has 2 heterocycles. The number of ether oxygens (including phenoxy) is 1. The second kappa shape index (κ2) is 5.67. The van der Waals surface area contributed by atoms with E-state index in [1.165, 1.54) is 10.5 Å². The van der Waals surface area contributed by atoms with Gasteiger partial charge in [-0.1, -0.05) is 18.2 Å². The van der Waals surface area contributed by atoms with E-state index in [9.17, 15) is 4.79 Å². The van der Waals surface area contributed by atoms with E-state index in [0.717, 1.165) is 17.7 Å².